The molecule has 6 nitrogen and oxygen atoms in total. The number of methoxy groups -OCH3 is 1. The van der Waals surface area contributed by atoms with E-state index >= 15 is 0 Å². The standard InChI is InChI=1S/C19H34N4O2/c1-15-17(16(2)22(4)21-15)14-23(12-13-25-5)18(24)20-19(3)10-8-6-7-9-11-19/h6-14H2,1-5H3,(H,20,24). The molecule has 1 aromatic heterocycles. The third kappa shape index (κ3) is 5.21. The molecule has 2 rings (SSSR count). The molecule has 142 valence electrons. The summed E-state index contributed by atoms with van der Waals surface area (Å²) in [6, 6.07) is 0.00380. The Labute approximate surface area is 151 Å². The van der Waals surface area contributed by atoms with Crippen LogP contribution in [-0.2, 0) is 18.3 Å². The van der Waals surface area contributed by atoms with E-state index in [4.69, 9.17) is 4.74 Å². The van der Waals surface area contributed by atoms with Gasteiger partial charge in [-0.1, -0.05) is 25.7 Å². The van der Waals surface area contributed by atoms with Crippen molar-refractivity contribution >= 4 is 6.03 Å². The van der Waals surface area contributed by atoms with Crippen LogP contribution in [-0.4, -0.2) is 46.5 Å². The number of hydrogen-bond donors (Lipinski definition) is 1. The van der Waals surface area contributed by atoms with Gasteiger partial charge in [0, 0.05) is 37.5 Å². The lowest BCUT2D eigenvalue weighted by molar-refractivity contribution is 0.139. The quantitative estimate of drug-likeness (QED) is 0.801. The molecule has 0 unspecified atom stereocenters. The number of amides is 2. The van der Waals surface area contributed by atoms with Crippen LogP contribution in [0.2, 0.25) is 0 Å². The van der Waals surface area contributed by atoms with Gasteiger partial charge in [0.25, 0.3) is 0 Å². The van der Waals surface area contributed by atoms with Crippen molar-refractivity contribution in [2.24, 2.45) is 7.05 Å². The third-order valence-electron chi connectivity index (χ3n) is 5.48. The van der Waals surface area contributed by atoms with E-state index in [1.165, 1.54) is 25.7 Å². The molecular weight excluding hydrogens is 316 g/mol. The van der Waals surface area contributed by atoms with Crippen LogP contribution in [0.5, 0.6) is 0 Å². The van der Waals surface area contributed by atoms with Crippen LogP contribution in [0.15, 0.2) is 0 Å². The molecule has 1 aliphatic rings. The van der Waals surface area contributed by atoms with Crippen molar-refractivity contribution < 1.29 is 9.53 Å². The molecule has 0 saturated heterocycles. The predicted octanol–water partition coefficient (Wildman–Crippen LogP) is 3.31. The van der Waals surface area contributed by atoms with Crippen LogP contribution in [0, 0.1) is 13.8 Å². The van der Waals surface area contributed by atoms with Gasteiger partial charge in [0.2, 0.25) is 0 Å². The lowest BCUT2D eigenvalue weighted by Gasteiger charge is -2.33. The molecule has 1 aromatic rings. The second-order valence-electron chi connectivity index (χ2n) is 7.59. The first-order valence-electron chi connectivity index (χ1n) is 9.41. The molecule has 1 fully saturated rings. The van der Waals surface area contributed by atoms with Crippen molar-refractivity contribution in [3.8, 4) is 0 Å². The number of carbonyl (C=O) groups is 1. The molecule has 1 heterocycles. The van der Waals surface area contributed by atoms with E-state index in [0.29, 0.717) is 19.7 Å². The summed E-state index contributed by atoms with van der Waals surface area (Å²) in [6.07, 6.45) is 7.04. The van der Waals surface area contributed by atoms with Gasteiger partial charge in [-0.25, -0.2) is 4.79 Å². The third-order valence-corrected chi connectivity index (χ3v) is 5.48. The highest BCUT2D eigenvalue weighted by Crippen LogP contribution is 2.27. The average molecular weight is 351 g/mol. The number of rotatable bonds is 6. The average Bonchev–Trinajstić information content (AvgIpc) is 2.71. The molecule has 0 aliphatic heterocycles. The van der Waals surface area contributed by atoms with Gasteiger partial charge >= 0.3 is 6.03 Å². The summed E-state index contributed by atoms with van der Waals surface area (Å²) in [5.74, 6) is 0. The minimum atomic E-state index is -0.0993. The lowest BCUT2D eigenvalue weighted by Crippen LogP contribution is -2.51. The van der Waals surface area contributed by atoms with E-state index in [1.807, 2.05) is 30.5 Å². The Balaban J connectivity index is 2.11. The first-order valence-corrected chi connectivity index (χ1v) is 9.41. The second kappa shape index (κ2) is 8.70. The summed E-state index contributed by atoms with van der Waals surface area (Å²) < 4.78 is 7.10. The number of aromatic nitrogens is 2. The summed E-state index contributed by atoms with van der Waals surface area (Å²) in [6.45, 7) is 7.91. The summed E-state index contributed by atoms with van der Waals surface area (Å²) in [4.78, 5) is 14.9. The van der Waals surface area contributed by atoms with E-state index in [0.717, 1.165) is 29.8 Å². The monoisotopic (exact) mass is 350 g/mol. The van der Waals surface area contributed by atoms with E-state index in [1.54, 1.807) is 7.11 Å². The van der Waals surface area contributed by atoms with Gasteiger partial charge in [0.1, 0.15) is 0 Å². The maximum atomic E-state index is 13.0. The van der Waals surface area contributed by atoms with Crippen molar-refractivity contribution in [3.05, 3.63) is 17.0 Å². The SMILES string of the molecule is COCCN(Cc1c(C)nn(C)c1C)C(=O)NC1(C)CCCCCC1. The van der Waals surface area contributed by atoms with E-state index in [-0.39, 0.29) is 11.6 Å². The van der Waals surface area contributed by atoms with E-state index in [9.17, 15) is 4.79 Å². The van der Waals surface area contributed by atoms with Crippen molar-refractivity contribution in [3.63, 3.8) is 0 Å². The van der Waals surface area contributed by atoms with Gasteiger partial charge in [-0.15, -0.1) is 0 Å². The largest absolute Gasteiger partial charge is 0.383 e. The molecule has 0 spiro atoms. The predicted molar refractivity (Wildman–Crippen MR) is 99.6 cm³/mol. The molecule has 0 bridgehead atoms. The van der Waals surface area contributed by atoms with Crippen LogP contribution < -0.4 is 5.32 Å². The molecule has 2 amide bonds. The van der Waals surface area contributed by atoms with Gasteiger partial charge in [-0.2, -0.15) is 5.10 Å². The maximum Gasteiger partial charge on any atom is 0.318 e. The fraction of sp³-hybridized carbons (Fsp3) is 0.789. The zero-order valence-electron chi connectivity index (χ0n) is 16.5. The zero-order valence-corrected chi connectivity index (χ0v) is 16.5. The fourth-order valence-electron chi connectivity index (χ4n) is 3.66. The summed E-state index contributed by atoms with van der Waals surface area (Å²) in [5, 5.41) is 7.79. The van der Waals surface area contributed by atoms with Crippen LogP contribution in [0.1, 0.15) is 62.4 Å². The van der Waals surface area contributed by atoms with Crippen molar-refractivity contribution in [1.29, 1.82) is 0 Å². The molecular formula is C19H34N4O2. The van der Waals surface area contributed by atoms with Gasteiger partial charge in [0.05, 0.1) is 18.8 Å². The Morgan fingerprint density at radius 3 is 2.44 bits per heavy atom. The number of carbonyl (C=O) groups excluding carboxylic acids is 1. The second-order valence-corrected chi connectivity index (χ2v) is 7.59. The van der Waals surface area contributed by atoms with E-state index in [2.05, 4.69) is 17.3 Å². The number of urea groups is 1. The highest BCUT2D eigenvalue weighted by atomic mass is 16.5. The van der Waals surface area contributed by atoms with Gasteiger partial charge in [0.15, 0.2) is 0 Å². The van der Waals surface area contributed by atoms with Crippen LogP contribution in [0.3, 0.4) is 0 Å². The maximum absolute atomic E-state index is 13.0. The van der Waals surface area contributed by atoms with Gasteiger partial charge < -0.3 is 15.0 Å². The Kier molecular flexibility index (Phi) is 6.87. The number of ether oxygens (including phenoxy) is 1. The number of nitrogens with one attached hydrogen (secondary N) is 1. The number of aryl methyl sites for hydroxylation is 2. The van der Waals surface area contributed by atoms with Crippen LogP contribution in [0.25, 0.3) is 0 Å². The van der Waals surface area contributed by atoms with Crippen LogP contribution >= 0.6 is 0 Å². The molecule has 0 radical (unpaired) electrons. The lowest BCUT2D eigenvalue weighted by atomic mass is 9.93. The van der Waals surface area contributed by atoms with Gasteiger partial charge in [-0.05, 0) is 33.6 Å². The minimum absolute atomic E-state index is 0.00380. The highest BCUT2D eigenvalue weighted by molar-refractivity contribution is 5.75. The zero-order chi connectivity index (χ0) is 18.4. The van der Waals surface area contributed by atoms with Crippen molar-refractivity contribution in [2.45, 2.75) is 71.4 Å². The Morgan fingerprint density at radius 1 is 1.28 bits per heavy atom. The van der Waals surface area contributed by atoms with Gasteiger partial charge in [-0.3, -0.25) is 4.68 Å². The number of hydrogen-bond acceptors (Lipinski definition) is 3. The first-order chi connectivity index (χ1) is 11.9. The molecule has 25 heavy (non-hydrogen) atoms. The molecule has 6 heteroatoms. The Morgan fingerprint density at radius 2 is 1.92 bits per heavy atom. The summed E-state index contributed by atoms with van der Waals surface area (Å²) >= 11 is 0. The topological polar surface area (TPSA) is 59.4 Å². The molecule has 1 N–H and O–H groups in total. The Hall–Kier alpha value is -1.56. The molecule has 0 atom stereocenters. The first kappa shape index (κ1) is 19.8. The normalized spacial score (nSPS) is 17.2. The summed E-state index contributed by atoms with van der Waals surface area (Å²) in [5.41, 5.74) is 3.11. The Bertz CT molecular complexity index is 574. The van der Waals surface area contributed by atoms with Crippen molar-refractivity contribution in [2.75, 3.05) is 20.3 Å². The van der Waals surface area contributed by atoms with E-state index < -0.39 is 0 Å². The fourth-order valence-corrected chi connectivity index (χ4v) is 3.66. The smallest absolute Gasteiger partial charge is 0.318 e. The molecule has 1 aliphatic carbocycles. The molecule has 1 saturated carbocycles. The van der Waals surface area contributed by atoms with Crippen molar-refractivity contribution in [1.82, 2.24) is 20.0 Å². The summed E-state index contributed by atoms with van der Waals surface area (Å²) in [7, 11) is 3.61. The molecule has 0 aromatic carbocycles. The number of nitrogens with zero attached hydrogens (tertiary/aromatic N) is 3. The van der Waals surface area contributed by atoms with Crippen LogP contribution in [0.4, 0.5) is 4.79 Å². The highest BCUT2D eigenvalue weighted by Gasteiger charge is 2.29. The minimum Gasteiger partial charge on any atom is -0.383 e.